The Hall–Kier alpha value is -3.98. The van der Waals surface area contributed by atoms with Gasteiger partial charge in [0.1, 0.15) is 6.10 Å². The van der Waals surface area contributed by atoms with Crippen LogP contribution >= 0.6 is 0 Å². The summed E-state index contributed by atoms with van der Waals surface area (Å²) in [5.41, 5.74) is 3.78. The van der Waals surface area contributed by atoms with Crippen LogP contribution < -0.4 is 0 Å². The highest BCUT2D eigenvalue weighted by Crippen LogP contribution is 2.27. The highest BCUT2D eigenvalue weighted by molar-refractivity contribution is 5.98. The van der Waals surface area contributed by atoms with Gasteiger partial charge >= 0.3 is 0 Å². The largest absolute Gasteiger partial charge is 0.365 e. The van der Waals surface area contributed by atoms with Crippen molar-refractivity contribution in [3.05, 3.63) is 83.3 Å². The first-order chi connectivity index (χ1) is 16.7. The van der Waals surface area contributed by atoms with E-state index < -0.39 is 0 Å². The van der Waals surface area contributed by atoms with Crippen LogP contribution in [0, 0.1) is 0 Å². The number of hydrogen-bond acceptors (Lipinski definition) is 5. The van der Waals surface area contributed by atoms with E-state index in [-0.39, 0.29) is 24.5 Å². The van der Waals surface area contributed by atoms with E-state index in [1.54, 1.807) is 14.5 Å². The van der Waals surface area contributed by atoms with Crippen molar-refractivity contribution >= 4 is 22.7 Å². The third-order valence-corrected chi connectivity index (χ3v) is 6.63. The third-order valence-electron chi connectivity index (χ3n) is 6.63. The molecule has 0 spiro atoms. The summed E-state index contributed by atoms with van der Waals surface area (Å²) in [6.45, 7) is 2.67. The van der Waals surface area contributed by atoms with Crippen molar-refractivity contribution in [1.82, 2.24) is 29.8 Å². The molecule has 9 nitrogen and oxygen atoms in total. The average Bonchev–Trinajstić information content (AvgIpc) is 3.54. The van der Waals surface area contributed by atoms with Crippen molar-refractivity contribution in [2.45, 2.75) is 19.3 Å². The highest BCUT2D eigenvalue weighted by atomic mass is 16.5. The Morgan fingerprint density at radius 2 is 1.71 bits per heavy atom. The number of piperazine rings is 1. The van der Waals surface area contributed by atoms with Crippen LogP contribution in [0.5, 0.6) is 0 Å². The average molecular weight is 457 g/mol. The molecule has 9 heteroatoms. The number of nitrogens with zero attached hydrogens (tertiary/aromatic N) is 5. The molecule has 2 aliphatic rings. The number of aromatic nitrogens is 4. The number of hydrogen-bond donors (Lipinski definition) is 1. The molecular weight excluding hydrogens is 432 g/mol. The summed E-state index contributed by atoms with van der Waals surface area (Å²) in [5, 5.41) is 9.42. The van der Waals surface area contributed by atoms with Crippen LogP contribution in [-0.2, 0) is 17.9 Å². The topological polar surface area (TPSA) is 96.4 Å². The molecule has 1 fully saturated rings. The van der Waals surface area contributed by atoms with E-state index in [2.05, 4.69) is 15.3 Å². The molecule has 0 aliphatic carbocycles. The van der Waals surface area contributed by atoms with E-state index in [0.717, 1.165) is 16.5 Å². The fourth-order valence-electron chi connectivity index (χ4n) is 4.68. The Morgan fingerprint density at radius 1 is 0.941 bits per heavy atom. The Labute approximate surface area is 195 Å². The van der Waals surface area contributed by atoms with Gasteiger partial charge in [0, 0.05) is 48.8 Å². The van der Waals surface area contributed by atoms with Crippen molar-refractivity contribution in [3.63, 3.8) is 0 Å². The first-order valence-corrected chi connectivity index (χ1v) is 11.4. The zero-order valence-corrected chi connectivity index (χ0v) is 18.6. The van der Waals surface area contributed by atoms with Crippen LogP contribution in [0.2, 0.25) is 0 Å². The SMILES string of the molecule is O=C(c1ccc2[nH]ccc2c1)N1CCN(C(=O)c2nnn3c2CO[C@@H](c2ccccc2)C3)CC1. The Kier molecular flexibility index (Phi) is 5.10. The summed E-state index contributed by atoms with van der Waals surface area (Å²) in [6, 6.07) is 17.6. The van der Waals surface area contributed by atoms with E-state index in [4.69, 9.17) is 4.74 Å². The number of aromatic amines is 1. The quantitative estimate of drug-likeness (QED) is 0.511. The third kappa shape index (κ3) is 3.63. The summed E-state index contributed by atoms with van der Waals surface area (Å²) in [6.07, 6.45) is 1.75. The number of rotatable bonds is 3. The number of carbonyl (C=O) groups excluding carboxylic acids is 2. The number of benzene rings is 2. The van der Waals surface area contributed by atoms with Crippen molar-refractivity contribution in [3.8, 4) is 0 Å². The lowest BCUT2D eigenvalue weighted by molar-refractivity contribution is -0.00202. The molecule has 2 aliphatic heterocycles. The van der Waals surface area contributed by atoms with Crippen LogP contribution in [0.25, 0.3) is 10.9 Å². The highest BCUT2D eigenvalue weighted by Gasteiger charge is 2.32. The van der Waals surface area contributed by atoms with Gasteiger partial charge in [-0.25, -0.2) is 4.68 Å². The minimum atomic E-state index is -0.163. The van der Waals surface area contributed by atoms with Crippen LogP contribution in [0.3, 0.4) is 0 Å². The molecule has 34 heavy (non-hydrogen) atoms. The van der Waals surface area contributed by atoms with E-state index >= 15 is 0 Å². The number of nitrogens with one attached hydrogen (secondary N) is 1. The van der Waals surface area contributed by atoms with Gasteiger partial charge in [-0.15, -0.1) is 5.10 Å². The maximum absolute atomic E-state index is 13.2. The number of amides is 2. The summed E-state index contributed by atoms with van der Waals surface area (Å²) in [7, 11) is 0. The normalized spacial score (nSPS) is 18.2. The van der Waals surface area contributed by atoms with Crippen LogP contribution in [-0.4, -0.2) is 67.8 Å². The molecule has 2 amide bonds. The molecule has 1 atom stereocenters. The summed E-state index contributed by atoms with van der Waals surface area (Å²) >= 11 is 0. The van der Waals surface area contributed by atoms with Gasteiger partial charge in [-0.05, 0) is 29.8 Å². The Balaban J connectivity index is 1.11. The van der Waals surface area contributed by atoms with Gasteiger partial charge in [0.25, 0.3) is 11.8 Å². The van der Waals surface area contributed by atoms with Gasteiger partial charge in [0.05, 0.1) is 18.8 Å². The van der Waals surface area contributed by atoms with E-state index in [1.807, 2.05) is 60.8 Å². The number of carbonyl (C=O) groups is 2. The zero-order chi connectivity index (χ0) is 23.1. The lowest BCUT2D eigenvalue weighted by Crippen LogP contribution is -2.50. The van der Waals surface area contributed by atoms with Crippen LogP contribution in [0.15, 0.2) is 60.8 Å². The smallest absolute Gasteiger partial charge is 0.276 e. The standard InChI is InChI=1S/C25H24N6O3/c32-24(19-6-7-20-18(14-19)8-9-26-20)29-10-12-30(13-11-29)25(33)23-21-16-34-22(15-31(21)28-27-23)17-4-2-1-3-5-17/h1-9,14,22,26H,10-13,15-16H2/t22-/m1/s1. The fourth-order valence-corrected chi connectivity index (χ4v) is 4.68. The van der Waals surface area contributed by atoms with Crippen molar-refractivity contribution in [1.29, 1.82) is 0 Å². The van der Waals surface area contributed by atoms with Gasteiger partial charge in [0.2, 0.25) is 0 Å². The molecule has 6 rings (SSSR count). The summed E-state index contributed by atoms with van der Waals surface area (Å²) < 4.78 is 7.79. The minimum absolute atomic E-state index is 0.0170. The first kappa shape index (κ1) is 20.6. The maximum Gasteiger partial charge on any atom is 0.276 e. The second-order valence-corrected chi connectivity index (χ2v) is 8.64. The van der Waals surface area contributed by atoms with E-state index in [9.17, 15) is 9.59 Å². The van der Waals surface area contributed by atoms with Gasteiger partial charge in [0.15, 0.2) is 5.69 Å². The molecule has 0 saturated carbocycles. The van der Waals surface area contributed by atoms with Crippen molar-refractivity contribution in [2.75, 3.05) is 26.2 Å². The predicted molar refractivity (Wildman–Crippen MR) is 124 cm³/mol. The molecule has 4 aromatic rings. The lowest BCUT2D eigenvalue weighted by Gasteiger charge is -2.34. The molecule has 1 saturated heterocycles. The summed E-state index contributed by atoms with van der Waals surface area (Å²) in [4.78, 5) is 32.9. The fraction of sp³-hybridized carbons (Fsp3) is 0.280. The zero-order valence-electron chi connectivity index (χ0n) is 18.6. The maximum atomic E-state index is 13.2. The first-order valence-electron chi connectivity index (χ1n) is 11.4. The Morgan fingerprint density at radius 3 is 2.50 bits per heavy atom. The second kappa shape index (κ2) is 8.42. The minimum Gasteiger partial charge on any atom is -0.365 e. The van der Waals surface area contributed by atoms with E-state index in [1.165, 1.54) is 0 Å². The molecule has 172 valence electrons. The van der Waals surface area contributed by atoms with Crippen molar-refractivity contribution in [2.24, 2.45) is 0 Å². The molecule has 2 aromatic carbocycles. The van der Waals surface area contributed by atoms with Crippen LogP contribution in [0.1, 0.15) is 38.2 Å². The van der Waals surface area contributed by atoms with Gasteiger partial charge in [-0.2, -0.15) is 0 Å². The molecular formula is C25H24N6O3. The number of fused-ring (bicyclic) bond motifs is 2. The molecule has 0 radical (unpaired) electrons. The molecule has 2 aromatic heterocycles. The van der Waals surface area contributed by atoms with Crippen LogP contribution in [0.4, 0.5) is 0 Å². The van der Waals surface area contributed by atoms with Crippen molar-refractivity contribution < 1.29 is 14.3 Å². The molecule has 0 bridgehead atoms. The molecule has 0 unspecified atom stereocenters. The lowest BCUT2D eigenvalue weighted by atomic mass is 10.1. The summed E-state index contributed by atoms with van der Waals surface area (Å²) in [5.74, 6) is -0.180. The van der Waals surface area contributed by atoms with Gasteiger partial charge in [-0.3, -0.25) is 9.59 Å². The predicted octanol–water partition coefficient (Wildman–Crippen LogP) is 2.63. The number of H-pyrrole nitrogens is 1. The monoisotopic (exact) mass is 456 g/mol. The molecule has 4 heterocycles. The van der Waals surface area contributed by atoms with E-state index in [0.29, 0.717) is 49.7 Å². The van der Waals surface area contributed by atoms with Gasteiger partial charge in [-0.1, -0.05) is 35.5 Å². The van der Waals surface area contributed by atoms with Gasteiger partial charge < -0.3 is 19.5 Å². The number of ether oxygens (including phenoxy) is 1. The Bertz CT molecular complexity index is 1350. The second-order valence-electron chi connectivity index (χ2n) is 8.64. The molecule has 1 N–H and O–H groups in total.